The lowest BCUT2D eigenvalue weighted by molar-refractivity contribution is 0.0699. The number of nitrogens with zero attached hydrogens (tertiary/aromatic N) is 1. The summed E-state index contributed by atoms with van der Waals surface area (Å²) in [6.45, 7) is 2.85. The SMILES string of the molecule is CCCCCCCOc1ccc(-c2ccc(-c3cc(C(=O)O)c4cc(F)ccc4n3)cc2F)cc1. The molecule has 1 N–H and O–H groups in total. The summed E-state index contributed by atoms with van der Waals surface area (Å²) in [5.74, 6) is -1.46. The van der Waals surface area contributed by atoms with E-state index in [1.54, 1.807) is 12.1 Å². The van der Waals surface area contributed by atoms with Crippen LogP contribution in [0.15, 0.2) is 66.7 Å². The van der Waals surface area contributed by atoms with Gasteiger partial charge in [-0.1, -0.05) is 56.9 Å². The van der Waals surface area contributed by atoms with Crippen LogP contribution in [0.2, 0.25) is 0 Å². The number of hydrogen-bond donors (Lipinski definition) is 1. The standard InChI is InChI=1S/C29H27F2NO3/c1-2-3-4-5-6-15-35-22-11-7-19(8-12-22)23-13-9-20(16-26(23)31)28-18-25(29(33)34)24-17-21(30)10-14-27(24)32-28/h7-14,16-18H,2-6,15H2,1H3,(H,33,34). The maximum atomic E-state index is 15.1. The predicted octanol–water partition coefficient (Wildman–Crippen LogP) is 7.89. The molecule has 4 nitrogen and oxygen atoms in total. The Kier molecular flexibility index (Phi) is 7.70. The van der Waals surface area contributed by atoms with Gasteiger partial charge in [0, 0.05) is 16.5 Å². The lowest BCUT2D eigenvalue weighted by atomic mass is 10.00. The smallest absolute Gasteiger partial charge is 0.336 e. The normalized spacial score (nSPS) is 11.1. The third kappa shape index (κ3) is 5.83. The first-order chi connectivity index (χ1) is 17.0. The molecule has 1 heterocycles. The highest BCUT2D eigenvalue weighted by atomic mass is 19.1. The monoisotopic (exact) mass is 475 g/mol. The van der Waals surface area contributed by atoms with Gasteiger partial charge in [0.15, 0.2) is 0 Å². The van der Waals surface area contributed by atoms with E-state index in [1.165, 1.54) is 43.5 Å². The van der Waals surface area contributed by atoms with E-state index >= 15 is 4.39 Å². The van der Waals surface area contributed by atoms with E-state index in [1.807, 2.05) is 24.3 Å². The first-order valence-corrected chi connectivity index (χ1v) is 11.8. The van der Waals surface area contributed by atoms with Crippen molar-refractivity contribution in [2.45, 2.75) is 39.0 Å². The Labute approximate surface area is 203 Å². The summed E-state index contributed by atoms with van der Waals surface area (Å²) in [6, 6.07) is 17.1. The summed E-state index contributed by atoms with van der Waals surface area (Å²) in [4.78, 5) is 16.2. The number of aromatic nitrogens is 1. The van der Waals surface area contributed by atoms with Gasteiger partial charge in [0.25, 0.3) is 0 Å². The first kappa shape index (κ1) is 24.3. The number of unbranched alkanes of at least 4 members (excludes halogenated alkanes) is 4. The van der Waals surface area contributed by atoms with Crippen LogP contribution < -0.4 is 4.74 Å². The Morgan fingerprint density at radius 3 is 2.34 bits per heavy atom. The fraction of sp³-hybridized carbons (Fsp3) is 0.241. The van der Waals surface area contributed by atoms with E-state index in [4.69, 9.17) is 4.74 Å². The molecule has 0 saturated heterocycles. The number of carbonyl (C=O) groups is 1. The Balaban J connectivity index is 1.53. The minimum Gasteiger partial charge on any atom is -0.494 e. The van der Waals surface area contributed by atoms with Crippen molar-refractivity contribution >= 4 is 16.9 Å². The van der Waals surface area contributed by atoms with Crippen LogP contribution in [-0.4, -0.2) is 22.7 Å². The minimum absolute atomic E-state index is 0.0880. The molecular weight excluding hydrogens is 448 g/mol. The molecule has 0 aliphatic heterocycles. The number of rotatable bonds is 10. The van der Waals surface area contributed by atoms with Crippen LogP contribution in [0.3, 0.4) is 0 Å². The van der Waals surface area contributed by atoms with E-state index < -0.39 is 17.6 Å². The Morgan fingerprint density at radius 2 is 1.63 bits per heavy atom. The van der Waals surface area contributed by atoms with Crippen molar-refractivity contribution in [3.63, 3.8) is 0 Å². The van der Waals surface area contributed by atoms with Crippen molar-refractivity contribution in [1.29, 1.82) is 0 Å². The van der Waals surface area contributed by atoms with Crippen molar-refractivity contribution in [3.8, 4) is 28.1 Å². The molecule has 1 aromatic heterocycles. The van der Waals surface area contributed by atoms with Crippen molar-refractivity contribution in [2.75, 3.05) is 6.61 Å². The third-order valence-electron chi connectivity index (χ3n) is 5.95. The lowest BCUT2D eigenvalue weighted by Gasteiger charge is -2.10. The average molecular weight is 476 g/mol. The van der Waals surface area contributed by atoms with E-state index in [9.17, 15) is 14.3 Å². The number of aromatic carboxylic acids is 1. The average Bonchev–Trinajstić information content (AvgIpc) is 2.86. The molecule has 0 unspecified atom stereocenters. The zero-order valence-corrected chi connectivity index (χ0v) is 19.6. The molecule has 0 aliphatic carbocycles. The lowest BCUT2D eigenvalue weighted by Crippen LogP contribution is -2.01. The minimum atomic E-state index is -1.20. The summed E-state index contributed by atoms with van der Waals surface area (Å²) in [5.41, 5.74) is 2.10. The zero-order valence-electron chi connectivity index (χ0n) is 19.6. The molecule has 6 heteroatoms. The molecule has 0 bridgehead atoms. The summed E-state index contributed by atoms with van der Waals surface area (Å²) in [5, 5.41) is 9.78. The van der Waals surface area contributed by atoms with Gasteiger partial charge in [0.2, 0.25) is 0 Å². The summed E-state index contributed by atoms with van der Waals surface area (Å²) >= 11 is 0. The highest BCUT2D eigenvalue weighted by molar-refractivity contribution is 6.03. The summed E-state index contributed by atoms with van der Waals surface area (Å²) in [7, 11) is 0. The van der Waals surface area contributed by atoms with Crippen LogP contribution >= 0.6 is 0 Å². The van der Waals surface area contributed by atoms with Crippen LogP contribution in [0.25, 0.3) is 33.3 Å². The largest absolute Gasteiger partial charge is 0.494 e. The number of pyridine rings is 1. The molecule has 0 fully saturated rings. The van der Waals surface area contributed by atoms with Gasteiger partial charge in [-0.25, -0.2) is 18.6 Å². The molecular formula is C29H27F2NO3. The number of fused-ring (bicyclic) bond motifs is 1. The quantitative estimate of drug-likeness (QED) is 0.237. The maximum absolute atomic E-state index is 15.1. The fourth-order valence-electron chi connectivity index (χ4n) is 4.06. The van der Waals surface area contributed by atoms with Gasteiger partial charge in [-0.05, 0) is 54.4 Å². The van der Waals surface area contributed by atoms with E-state index in [0.29, 0.717) is 34.5 Å². The van der Waals surface area contributed by atoms with E-state index in [0.717, 1.165) is 24.7 Å². The Hall–Kier alpha value is -3.80. The maximum Gasteiger partial charge on any atom is 0.336 e. The van der Waals surface area contributed by atoms with Gasteiger partial charge in [-0.15, -0.1) is 0 Å². The topological polar surface area (TPSA) is 59.4 Å². The van der Waals surface area contributed by atoms with Gasteiger partial charge in [-0.3, -0.25) is 0 Å². The molecule has 4 aromatic rings. The molecule has 0 atom stereocenters. The number of ether oxygens (including phenoxy) is 1. The van der Waals surface area contributed by atoms with E-state index in [-0.39, 0.29) is 10.9 Å². The van der Waals surface area contributed by atoms with Gasteiger partial charge >= 0.3 is 5.97 Å². The molecule has 0 radical (unpaired) electrons. The zero-order chi connectivity index (χ0) is 24.8. The molecule has 0 spiro atoms. The van der Waals surface area contributed by atoms with Crippen LogP contribution in [0.5, 0.6) is 5.75 Å². The molecule has 0 saturated carbocycles. The Morgan fingerprint density at radius 1 is 0.886 bits per heavy atom. The molecule has 180 valence electrons. The van der Waals surface area contributed by atoms with Crippen molar-refractivity contribution in [3.05, 3.63) is 83.9 Å². The second-order valence-electron chi connectivity index (χ2n) is 8.50. The molecule has 0 amide bonds. The number of benzene rings is 3. The van der Waals surface area contributed by atoms with Gasteiger partial charge < -0.3 is 9.84 Å². The summed E-state index contributed by atoms with van der Waals surface area (Å²) < 4.78 is 34.5. The number of halogens is 2. The molecule has 35 heavy (non-hydrogen) atoms. The Bertz CT molecular complexity index is 1340. The van der Waals surface area contributed by atoms with Crippen molar-refractivity contribution < 1.29 is 23.4 Å². The van der Waals surface area contributed by atoms with Gasteiger partial charge in [-0.2, -0.15) is 0 Å². The van der Waals surface area contributed by atoms with Crippen molar-refractivity contribution in [1.82, 2.24) is 4.98 Å². The van der Waals surface area contributed by atoms with Gasteiger partial charge in [0.1, 0.15) is 17.4 Å². The predicted molar refractivity (Wildman–Crippen MR) is 134 cm³/mol. The number of carboxylic acid groups (broad SMARTS) is 1. The van der Waals surface area contributed by atoms with Crippen LogP contribution in [0.4, 0.5) is 8.78 Å². The van der Waals surface area contributed by atoms with Crippen LogP contribution in [0.1, 0.15) is 49.4 Å². The highest BCUT2D eigenvalue weighted by Gasteiger charge is 2.15. The third-order valence-corrected chi connectivity index (χ3v) is 5.95. The first-order valence-electron chi connectivity index (χ1n) is 11.8. The number of hydrogen-bond acceptors (Lipinski definition) is 3. The molecule has 3 aromatic carbocycles. The van der Waals surface area contributed by atoms with Crippen LogP contribution in [-0.2, 0) is 0 Å². The molecule has 0 aliphatic rings. The molecule has 4 rings (SSSR count). The number of carboxylic acids is 1. The highest BCUT2D eigenvalue weighted by Crippen LogP contribution is 2.31. The second-order valence-corrected chi connectivity index (χ2v) is 8.50. The van der Waals surface area contributed by atoms with Gasteiger partial charge in [0.05, 0.1) is 23.4 Å². The summed E-state index contributed by atoms with van der Waals surface area (Å²) in [6.07, 6.45) is 5.85. The second kappa shape index (κ2) is 11.1. The van der Waals surface area contributed by atoms with E-state index in [2.05, 4.69) is 11.9 Å². The van der Waals surface area contributed by atoms with Crippen LogP contribution in [0, 0.1) is 11.6 Å². The van der Waals surface area contributed by atoms with Crippen molar-refractivity contribution in [2.24, 2.45) is 0 Å². The fourth-order valence-corrected chi connectivity index (χ4v) is 4.06.